The predicted octanol–water partition coefficient (Wildman–Crippen LogP) is 3.28. The van der Waals surface area contributed by atoms with E-state index in [0.29, 0.717) is 5.92 Å². The molecule has 2 fully saturated rings. The van der Waals surface area contributed by atoms with Crippen LogP contribution in [0.5, 0.6) is 0 Å². The van der Waals surface area contributed by atoms with Gasteiger partial charge >= 0.3 is 0 Å². The SMILES string of the molecule is Cc1cc(NC(=O)C2CC2)sc1C(=O)N1CCC(C)CC1. The molecule has 1 saturated heterocycles. The molecule has 1 aromatic heterocycles. The summed E-state index contributed by atoms with van der Waals surface area (Å²) >= 11 is 1.41. The molecular weight excluding hydrogens is 284 g/mol. The standard InChI is InChI=1S/C16H22N2O2S/c1-10-5-7-18(8-6-10)16(20)14-11(2)9-13(21-14)17-15(19)12-3-4-12/h9-10,12H,3-8H2,1-2H3,(H,17,19). The van der Waals surface area contributed by atoms with Crippen molar-refractivity contribution in [2.24, 2.45) is 11.8 Å². The van der Waals surface area contributed by atoms with Crippen LogP contribution in [0.3, 0.4) is 0 Å². The second-order valence-corrected chi connectivity index (χ2v) is 7.41. The number of piperidine rings is 1. The first-order valence-electron chi connectivity index (χ1n) is 7.75. The number of amides is 2. The average Bonchev–Trinajstić information content (AvgIpc) is 3.24. The Morgan fingerprint density at radius 2 is 1.90 bits per heavy atom. The topological polar surface area (TPSA) is 49.4 Å². The van der Waals surface area contributed by atoms with Crippen LogP contribution in [0.15, 0.2) is 6.07 Å². The van der Waals surface area contributed by atoms with Crippen molar-refractivity contribution in [2.45, 2.75) is 39.5 Å². The van der Waals surface area contributed by atoms with E-state index in [1.54, 1.807) is 0 Å². The molecule has 1 aliphatic heterocycles. The highest BCUT2D eigenvalue weighted by Crippen LogP contribution is 2.33. The van der Waals surface area contributed by atoms with Gasteiger partial charge in [-0.15, -0.1) is 11.3 Å². The Hall–Kier alpha value is -1.36. The molecule has 1 aliphatic carbocycles. The quantitative estimate of drug-likeness (QED) is 0.931. The molecule has 0 bridgehead atoms. The second-order valence-electron chi connectivity index (χ2n) is 6.36. The van der Waals surface area contributed by atoms with Gasteiger partial charge in [-0.2, -0.15) is 0 Å². The Kier molecular flexibility index (Phi) is 4.02. The van der Waals surface area contributed by atoms with E-state index in [0.717, 1.165) is 54.2 Å². The Morgan fingerprint density at radius 3 is 2.52 bits per heavy atom. The van der Waals surface area contributed by atoms with Crippen molar-refractivity contribution in [3.63, 3.8) is 0 Å². The summed E-state index contributed by atoms with van der Waals surface area (Å²) in [6.45, 7) is 5.88. The van der Waals surface area contributed by atoms with Gasteiger partial charge < -0.3 is 10.2 Å². The van der Waals surface area contributed by atoms with Crippen LogP contribution in [-0.2, 0) is 4.79 Å². The molecule has 2 amide bonds. The summed E-state index contributed by atoms with van der Waals surface area (Å²) in [5.74, 6) is 1.13. The number of thiophene rings is 1. The molecule has 2 heterocycles. The first-order chi connectivity index (χ1) is 10.0. The summed E-state index contributed by atoms with van der Waals surface area (Å²) in [4.78, 5) is 27.1. The summed E-state index contributed by atoms with van der Waals surface area (Å²) in [7, 11) is 0. The fourth-order valence-corrected chi connectivity index (χ4v) is 3.72. The molecule has 2 aliphatic rings. The van der Waals surface area contributed by atoms with E-state index in [2.05, 4.69) is 12.2 Å². The number of rotatable bonds is 3. The lowest BCUT2D eigenvalue weighted by Crippen LogP contribution is -2.37. The molecule has 0 spiro atoms. The monoisotopic (exact) mass is 306 g/mol. The molecule has 1 aromatic rings. The van der Waals surface area contributed by atoms with Crippen LogP contribution in [-0.4, -0.2) is 29.8 Å². The number of likely N-dealkylation sites (tertiary alicyclic amines) is 1. The number of nitrogens with zero attached hydrogens (tertiary/aromatic N) is 1. The van der Waals surface area contributed by atoms with Crippen LogP contribution in [0.1, 0.15) is 47.8 Å². The molecular formula is C16H22N2O2S. The number of nitrogens with one attached hydrogen (secondary N) is 1. The molecule has 5 heteroatoms. The normalized spacial score (nSPS) is 19.6. The van der Waals surface area contributed by atoms with Crippen molar-refractivity contribution in [3.8, 4) is 0 Å². The fourth-order valence-electron chi connectivity index (χ4n) is 2.68. The third-order valence-corrected chi connectivity index (χ3v) is 5.52. The number of anilines is 1. The zero-order chi connectivity index (χ0) is 15.0. The third kappa shape index (κ3) is 3.28. The summed E-state index contributed by atoms with van der Waals surface area (Å²) in [5.41, 5.74) is 0.967. The van der Waals surface area contributed by atoms with Crippen molar-refractivity contribution in [2.75, 3.05) is 18.4 Å². The van der Waals surface area contributed by atoms with E-state index in [9.17, 15) is 9.59 Å². The molecule has 0 unspecified atom stereocenters. The van der Waals surface area contributed by atoms with Gasteiger partial charge in [0, 0.05) is 19.0 Å². The number of hydrogen-bond donors (Lipinski definition) is 1. The van der Waals surface area contributed by atoms with E-state index >= 15 is 0 Å². The molecule has 21 heavy (non-hydrogen) atoms. The van der Waals surface area contributed by atoms with Gasteiger partial charge in [-0.3, -0.25) is 9.59 Å². The van der Waals surface area contributed by atoms with Gasteiger partial charge in [-0.05, 0) is 50.2 Å². The first kappa shape index (κ1) is 14.6. The van der Waals surface area contributed by atoms with Crippen molar-refractivity contribution in [1.29, 1.82) is 0 Å². The first-order valence-corrected chi connectivity index (χ1v) is 8.57. The van der Waals surface area contributed by atoms with Crippen LogP contribution in [0, 0.1) is 18.8 Å². The average molecular weight is 306 g/mol. The minimum atomic E-state index is 0.0991. The largest absolute Gasteiger partial charge is 0.338 e. The van der Waals surface area contributed by atoms with E-state index in [4.69, 9.17) is 0 Å². The number of aryl methyl sites for hydroxylation is 1. The maximum atomic E-state index is 12.6. The van der Waals surface area contributed by atoms with E-state index < -0.39 is 0 Å². The molecule has 0 aromatic carbocycles. The van der Waals surface area contributed by atoms with Gasteiger partial charge in [-0.25, -0.2) is 0 Å². The van der Waals surface area contributed by atoms with Gasteiger partial charge in [0.2, 0.25) is 5.91 Å². The van der Waals surface area contributed by atoms with Crippen molar-refractivity contribution in [1.82, 2.24) is 4.90 Å². The van der Waals surface area contributed by atoms with Crippen LogP contribution in [0.4, 0.5) is 5.00 Å². The summed E-state index contributed by atoms with van der Waals surface area (Å²) in [6.07, 6.45) is 4.16. The Morgan fingerprint density at radius 1 is 1.24 bits per heavy atom. The lowest BCUT2D eigenvalue weighted by molar-refractivity contribution is -0.117. The van der Waals surface area contributed by atoms with Gasteiger partial charge in [-0.1, -0.05) is 6.92 Å². The van der Waals surface area contributed by atoms with E-state index in [1.807, 2.05) is 17.9 Å². The van der Waals surface area contributed by atoms with Gasteiger partial charge in [0.1, 0.15) is 0 Å². The second kappa shape index (κ2) is 5.79. The summed E-state index contributed by atoms with van der Waals surface area (Å²) in [5, 5.41) is 3.74. The third-order valence-electron chi connectivity index (χ3n) is 4.38. The zero-order valence-electron chi connectivity index (χ0n) is 12.6. The molecule has 1 saturated carbocycles. The van der Waals surface area contributed by atoms with E-state index in [-0.39, 0.29) is 17.7 Å². The molecule has 0 radical (unpaired) electrons. The molecule has 114 valence electrons. The van der Waals surface area contributed by atoms with Crippen LogP contribution in [0.25, 0.3) is 0 Å². The van der Waals surface area contributed by atoms with Crippen LogP contribution < -0.4 is 5.32 Å². The van der Waals surface area contributed by atoms with E-state index in [1.165, 1.54) is 11.3 Å². The highest BCUT2D eigenvalue weighted by molar-refractivity contribution is 7.18. The van der Waals surface area contributed by atoms with Crippen molar-refractivity contribution >= 4 is 28.2 Å². The molecule has 1 N–H and O–H groups in total. The van der Waals surface area contributed by atoms with Gasteiger partial charge in [0.05, 0.1) is 9.88 Å². The van der Waals surface area contributed by atoms with Gasteiger partial charge in [0.25, 0.3) is 5.91 Å². The molecule has 0 atom stereocenters. The minimum absolute atomic E-state index is 0.0991. The highest BCUT2D eigenvalue weighted by Gasteiger charge is 2.30. The maximum absolute atomic E-state index is 12.6. The predicted molar refractivity (Wildman–Crippen MR) is 84.7 cm³/mol. The highest BCUT2D eigenvalue weighted by atomic mass is 32.1. The zero-order valence-corrected chi connectivity index (χ0v) is 13.5. The minimum Gasteiger partial charge on any atom is -0.338 e. The lowest BCUT2D eigenvalue weighted by atomic mass is 9.99. The number of carbonyl (C=O) groups is 2. The van der Waals surface area contributed by atoms with Crippen molar-refractivity contribution < 1.29 is 9.59 Å². The number of hydrogen-bond acceptors (Lipinski definition) is 3. The van der Waals surface area contributed by atoms with Crippen LogP contribution >= 0.6 is 11.3 Å². The lowest BCUT2D eigenvalue weighted by Gasteiger charge is -2.30. The smallest absolute Gasteiger partial charge is 0.264 e. The van der Waals surface area contributed by atoms with Gasteiger partial charge in [0.15, 0.2) is 0 Å². The van der Waals surface area contributed by atoms with Crippen LogP contribution in [0.2, 0.25) is 0 Å². The molecule has 4 nitrogen and oxygen atoms in total. The summed E-state index contributed by atoms with van der Waals surface area (Å²) in [6, 6.07) is 1.92. The maximum Gasteiger partial charge on any atom is 0.264 e. The Balaban J connectivity index is 1.68. The Bertz CT molecular complexity index is 555. The van der Waals surface area contributed by atoms with Crippen molar-refractivity contribution in [3.05, 3.63) is 16.5 Å². The molecule has 3 rings (SSSR count). The number of carbonyl (C=O) groups excluding carboxylic acids is 2. The fraction of sp³-hybridized carbons (Fsp3) is 0.625. The Labute approximate surface area is 129 Å². The summed E-state index contributed by atoms with van der Waals surface area (Å²) < 4.78 is 0.